The Balaban J connectivity index is 1.26. The van der Waals surface area contributed by atoms with Gasteiger partial charge >= 0.3 is 0 Å². The molecule has 1 saturated carbocycles. The van der Waals surface area contributed by atoms with Crippen LogP contribution >= 0.6 is 23.4 Å². The second-order valence-electron chi connectivity index (χ2n) is 10.6. The Kier molecular flexibility index (Phi) is 5.56. The van der Waals surface area contributed by atoms with E-state index in [1.807, 2.05) is 25.1 Å². The number of hydrogen-bond acceptors (Lipinski definition) is 8. The molecule has 1 aliphatic carbocycles. The Morgan fingerprint density at radius 1 is 1.36 bits per heavy atom. The zero-order valence-electron chi connectivity index (χ0n) is 21.3. The van der Waals surface area contributed by atoms with Crippen LogP contribution < -0.4 is 20.7 Å². The summed E-state index contributed by atoms with van der Waals surface area (Å²) in [6.45, 7) is 4.76. The van der Waals surface area contributed by atoms with Crippen LogP contribution in [0.15, 0.2) is 34.3 Å². The fourth-order valence-corrected chi connectivity index (χ4v) is 7.62. The number of piperidine rings is 1. The third-order valence-electron chi connectivity index (χ3n) is 8.63. The smallest absolute Gasteiger partial charge is 0.265 e. The molecule has 200 valence electrons. The molecule has 2 aliphatic heterocycles. The fraction of sp³-hybridized carbons (Fsp3) is 0.370. The summed E-state index contributed by atoms with van der Waals surface area (Å²) in [5.74, 6) is 0.287. The zero-order valence-corrected chi connectivity index (χ0v) is 22.9. The van der Waals surface area contributed by atoms with Gasteiger partial charge in [-0.2, -0.15) is 0 Å². The molecule has 6 N–H and O–H groups in total. The summed E-state index contributed by atoms with van der Waals surface area (Å²) in [4.78, 5) is 28.3. The number of H-pyrrole nitrogens is 1. The minimum absolute atomic E-state index is 0.00130. The van der Waals surface area contributed by atoms with Crippen molar-refractivity contribution >= 4 is 63.2 Å². The van der Waals surface area contributed by atoms with Crippen molar-refractivity contribution in [3.8, 4) is 0 Å². The van der Waals surface area contributed by atoms with E-state index >= 15 is 0 Å². The van der Waals surface area contributed by atoms with Crippen molar-refractivity contribution in [1.29, 1.82) is 5.41 Å². The van der Waals surface area contributed by atoms with Gasteiger partial charge in [0.15, 0.2) is 5.16 Å². The molecular formula is C27H28ClN8O2S+. The Bertz CT molecular complexity index is 1690. The third kappa shape index (κ3) is 3.56. The molecule has 7 rings (SSSR count). The van der Waals surface area contributed by atoms with Crippen LogP contribution in [0.2, 0.25) is 5.02 Å². The van der Waals surface area contributed by atoms with E-state index in [-0.39, 0.29) is 11.8 Å². The number of anilines is 1. The number of amides is 1. The van der Waals surface area contributed by atoms with Crippen LogP contribution in [0.3, 0.4) is 0 Å². The minimum atomic E-state index is -0.850. The Morgan fingerprint density at radius 3 is 2.87 bits per heavy atom. The van der Waals surface area contributed by atoms with Gasteiger partial charge in [-0.1, -0.05) is 18.5 Å². The van der Waals surface area contributed by atoms with Gasteiger partial charge < -0.3 is 26.3 Å². The SMILES string of the molecule is CCc1[nH]c2nc(Sc3ccc4cc5c([n+](O)c4c3)CCNC5)nc(N3CC4C(C3)C4(C=N)C(N)=O)c2c1Cl. The van der Waals surface area contributed by atoms with Gasteiger partial charge in [0.2, 0.25) is 11.6 Å². The minimum Gasteiger partial charge on any atom is -0.369 e. The summed E-state index contributed by atoms with van der Waals surface area (Å²) in [6.07, 6.45) is 2.71. The van der Waals surface area contributed by atoms with E-state index in [9.17, 15) is 10.0 Å². The average Bonchev–Trinajstić information content (AvgIpc) is 3.18. The number of aryl methyl sites for hydroxylation is 1. The number of nitrogens with two attached hydrogens (primary N) is 1. The van der Waals surface area contributed by atoms with E-state index in [1.165, 1.54) is 22.7 Å². The number of hydrogen-bond donors (Lipinski definition) is 5. The Hall–Kier alpha value is -3.41. The van der Waals surface area contributed by atoms with Crippen molar-refractivity contribution in [2.75, 3.05) is 24.5 Å². The first kappa shape index (κ1) is 24.6. The van der Waals surface area contributed by atoms with Gasteiger partial charge in [0.1, 0.15) is 11.5 Å². The molecule has 3 aromatic heterocycles. The molecule has 2 unspecified atom stereocenters. The first-order valence-corrected chi connectivity index (χ1v) is 14.3. The molecule has 5 heterocycles. The normalized spacial score (nSPS) is 23.7. The van der Waals surface area contributed by atoms with Crippen LogP contribution in [-0.2, 0) is 24.2 Å². The van der Waals surface area contributed by atoms with Gasteiger partial charge in [0, 0.05) is 71.2 Å². The highest BCUT2D eigenvalue weighted by atomic mass is 35.5. The lowest BCUT2D eigenvalue weighted by Gasteiger charge is -2.24. The van der Waals surface area contributed by atoms with Crippen LogP contribution in [0.5, 0.6) is 0 Å². The fourth-order valence-electron chi connectivity index (χ4n) is 6.48. The van der Waals surface area contributed by atoms with Crippen molar-refractivity contribution in [3.63, 3.8) is 0 Å². The number of benzene rings is 1. The van der Waals surface area contributed by atoms with E-state index in [1.54, 1.807) is 0 Å². The number of pyridine rings is 1. The van der Waals surface area contributed by atoms with Gasteiger partial charge in [0.25, 0.3) is 5.52 Å². The molecule has 1 amide bonds. The van der Waals surface area contributed by atoms with Crippen LogP contribution in [0, 0.1) is 22.7 Å². The second-order valence-corrected chi connectivity index (χ2v) is 12.0. The number of nitrogens with zero attached hydrogens (tertiary/aromatic N) is 4. The number of aromatic nitrogens is 4. The maximum Gasteiger partial charge on any atom is 0.265 e. The summed E-state index contributed by atoms with van der Waals surface area (Å²) in [7, 11) is 0. The van der Waals surface area contributed by atoms with E-state index in [0.717, 1.165) is 69.9 Å². The predicted octanol–water partition coefficient (Wildman–Crippen LogP) is 2.84. The molecule has 2 fully saturated rings. The standard InChI is InChI=1S/C27H27ClN8O2S/c1-2-18-22(28)21-23(32-18)33-26(34-24(21)35-10-16-17(11-35)27(16,12-29)25(30)37)39-15-4-3-13-7-14-9-31-6-5-19(14)36(38)20(13)8-15/h3-4,7-8,12,16-17,29,31H,2,5-6,9-11H2,1H3,(H3-,30,32,33,34,37,38)/p+1. The first-order valence-electron chi connectivity index (χ1n) is 13.1. The van der Waals surface area contributed by atoms with E-state index < -0.39 is 11.3 Å². The summed E-state index contributed by atoms with van der Waals surface area (Å²) in [5.41, 5.74) is 9.16. The summed E-state index contributed by atoms with van der Waals surface area (Å²) >= 11 is 8.21. The predicted molar refractivity (Wildman–Crippen MR) is 149 cm³/mol. The lowest BCUT2D eigenvalue weighted by molar-refractivity contribution is -0.890. The molecule has 1 aromatic carbocycles. The molecular weight excluding hydrogens is 536 g/mol. The van der Waals surface area contributed by atoms with Crippen molar-refractivity contribution in [2.24, 2.45) is 23.0 Å². The number of aromatic amines is 1. The van der Waals surface area contributed by atoms with Crippen molar-refractivity contribution in [3.05, 3.63) is 46.2 Å². The van der Waals surface area contributed by atoms with Crippen LogP contribution in [-0.4, -0.2) is 51.9 Å². The summed E-state index contributed by atoms with van der Waals surface area (Å²) in [5, 5.41) is 25.1. The van der Waals surface area contributed by atoms with Crippen LogP contribution in [0.1, 0.15) is 23.9 Å². The summed E-state index contributed by atoms with van der Waals surface area (Å²) < 4.78 is 1.31. The van der Waals surface area contributed by atoms with E-state index in [0.29, 0.717) is 28.9 Å². The number of rotatable bonds is 6. The van der Waals surface area contributed by atoms with E-state index in [2.05, 4.69) is 21.3 Å². The van der Waals surface area contributed by atoms with Crippen LogP contribution in [0.4, 0.5) is 5.82 Å². The van der Waals surface area contributed by atoms with Crippen molar-refractivity contribution in [1.82, 2.24) is 20.3 Å². The molecule has 39 heavy (non-hydrogen) atoms. The van der Waals surface area contributed by atoms with Gasteiger partial charge in [0.05, 0.1) is 27.6 Å². The zero-order chi connectivity index (χ0) is 27.1. The Labute approximate surface area is 233 Å². The molecule has 4 aromatic rings. The lowest BCUT2D eigenvalue weighted by atomic mass is 10.0. The third-order valence-corrected chi connectivity index (χ3v) is 9.90. The second kappa shape index (κ2) is 8.80. The highest BCUT2D eigenvalue weighted by Gasteiger charge is 2.71. The molecule has 0 bridgehead atoms. The first-order chi connectivity index (χ1) is 18.8. The number of carbonyl (C=O) groups excluding carboxylic acids is 1. The molecule has 0 radical (unpaired) electrons. The quantitative estimate of drug-likeness (QED) is 0.105. The maximum absolute atomic E-state index is 12.1. The number of primary amides is 1. The van der Waals surface area contributed by atoms with Gasteiger partial charge in [-0.3, -0.25) is 10.0 Å². The van der Waals surface area contributed by atoms with Crippen molar-refractivity contribution in [2.45, 2.75) is 36.4 Å². The molecule has 12 heteroatoms. The topological polar surface area (TPSA) is 148 Å². The Morgan fingerprint density at radius 2 is 2.15 bits per heavy atom. The number of carbonyl (C=O) groups is 1. The average molecular weight is 564 g/mol. The monoisotopic (exact) mass is 563 g/mol. The molecule has 0 spiro atoms. The number of fused-ring (bicyclic) bond motifs is 4. The number of nitrogens with one attached hydrogen (secondary N) is 3. The highest BCUT2D eigenvalue weighted by molar-refractivity contribution is 7.99. The van der Waals surface area contributed by atoms with Crippen LogP contribution in [0.25, 0.3) is 21.9 Å². The van der Waals surface area contributed by atoms with Gasteiger partial charge in [-0.05, 0) is 36.4 Å². The molecule has 10 nitrogen and oxygen atoms in total. The highest BCUT2D eigenvalue weighted by Crippen LogP contribution is 2.62. The van der Waals surface area contributed by atoms with E-state index in [4.69, 9.17) is 32.7 Å². The van der Waals surface area contributed by atoms with Gasteiger partial charge in [-0.25, -0.2) is 9.97 Å². The van der Waals surface area contributed by atoms with Crippen molar-refractivity contribution < 1.29 is 14.7 Å². The number of halogens is 1. The van der Waals surface area contributed by atoms with Gasteiger partial charge in [-0.15, -0.1) is 0 Å². The lowest BCUT2D eigenvalue weighted by Crippen LogP contribution is -2.42. The summed E-state index contributed by atoms with van der Waals surface area (Å²) in [6, 6.07) is 8.11. The molecule has 1 saturated heterocycles. The largest absolute Gasteiger partial charge is 0.369 e. The molecule has 3 aliphatic rings. The molecule has 2 atom stereocenters. The maximum atomic E-state index is 12.1.